The molecular formula is C20H22N2O3S. The number of hydrogen-bond acceptors (Lipinski definition) is 4. The lowest BCUT2D eigenvalue weighted by Gasteiger charge is -2.28. The smallest absolute Gasteiger partial charge is 0.225 e. The van der Waals surface area contributed by atoms with Crippen molar-refractivity contribution < 1.29 is 14.3 Å². The molecule has 2 amide bonds. The minimum absolute atomic E-state index is 0.0237. The van der Waals surface area contributed by atoms with Gasteiger partial charge in [0.1, 0.15) is 5.75 Å². The first-order valence-electron chi connectivity index (χ1n) is 8.51. The fourth-order valence-electron chi connectivity index (χ4n) is 3.15. The molecule has 0 saturated heterocycles. The van der Waals surface area contributed by atoms with Crippen LogP contribution in [0.2, 0.25) is 0 Å². The van der Waals surface area contributed by atoms with Gasteiger partial charge in [-0.3, -0.25) is 9.59 Å². The molecule has 2 aromatic carbocycles. The number of anilines is 2. The van der Waals surface area contributed by atoms with Crippen LogP contribution < -0.4 is 15.4 Å². The first kappa shape index (κ1) is 18.3. The van der Waals surface area contributed by atoms with Crippen molar-refractivity contribution in [2.24, 2.45) is 0 Å². The van der Waals surface area contributed by atoms with Crippen LogP contribution in [0.25, 0.3) is 0 Å². The second-order valence-electron chi connectivity index (χ2n) is 6.12. The Bertz CT molecular complexity index is 851. The lowest BCUT2D eigenvalue weighted by Crippen LogP contribution is -2.24. The standard InChI is InChI=1S/C20H22N2O3S/c1-4-19(23)22-17-9-15-14(12-6-5-7-13(8-12)26-3)10-20(24)21-16(15)11-18(17)25-2/h5-9,11,14H,4,10H2,1-3H3,(H,21,24)(H,22,23). The molecule has 1 unspecified atom stereocenters. The maximum atomic E-state index is 12.2. The van der Waals surface area contributed by atoms with Crippen LogP contribution in [0.15, 0.2) is 41.3 Å². The molecule has 1 aliphatic heterocycles. The van der Waals surface area contributed by atoms with Crippen LogP contribution in [0, 0.1) is 0 Å². The van der Waals surface area contributed by atoms with Crippen LogP contribution in [-0.4, -0.2) is 25.2 Å². The lowest BCUT2D eigenvalue weighted by molar-refractivity contribution is -0.117. The molecule has 26 heavy (non-hydrogen) atoms. The molecule has 6 heteroatoms. The highest BCUT2D eigenvalue weighted by Crippen LogP contribution is 2.42. The summed E-state index contributed by atoms with van der Waals surface area (Å²) in [6.07, 6.45) is 2.79. The van der Waals surface area contributed by atoms with Crippen LogP contribution in [0.5, 0.6) is 5.75 Å². The van der Waals surface area contributed by atoms with Gasteiger partial charge in [0.2, 0.25) is 11.8 Å². The highest BCUT2D eigenvalue weighted by atomic mass is 32.2. The van der Waals surface area contributed by atoms with Gasteiger partial charge in [-0.05, 0) is 35.6 Å². The third-order valence-electron chi connectivity index (χ3n) is 4.50. The van der Waals surface area contributed by atoms with E-state index in [9.17, 15) is 9.59 Å². The number of carbonyl (C=O) groups is 2. The van der Waals surface area contributed by atoms with Gasteiger partial charge in [0.15, 0.2) is 0 Å². The van der Waals surface area contributed by atoms with Crippen molar-refractivity contribution >= 4 is 35.0 Å². The van der Waals surface area contributed by atoms with Crippen LogP contribution >= 0.6 is 11.8 Å². The molecule has 1 aliphatic rings. The third-order valence-corrected chi connectivity index (χ3v) is 5.23. The molecule has 2 N–H and O–H groups in total. The number of thioether (sulfide) groups is 1. The summed E-state index contributed by atoms with van der Waals surface area (Å²) in [6, 6.07) is 11.9. The van der Waals surface area contributed by atoms with Crippen molar-refractivity contribution in [3.63, 3.8) is 0 Å². The molecule has 136 valence electrons. The number of rotatable bonds is 5. The third kappa shape index (κ3) is 3.70. The van der Waals surface area contributed by atoms with E-state index in [2.05, 4.69) is 22.8 Å². The first-order valence-corrected chi connectivity index (χ1v) is 9.73. The maximum Gasteiger partial charge on any atom is 0.225 e. The van der Waals surface area contributed by atoms with Gasteiger partial charge in [0, 0.05) is 35.4 Å². The number of amides is 2. The van der Waals surface area contributed by atoms with Gasteiger partial charge in [-0.15, -0.1) is 11.8 Å². The van der Waals surface area contributed by atoms with Crippen molar-refractivity contribution in [2.45, 2.75) is 30.6 Å². The SMILES string of the molecule is CCC(=O)Nc1cc2c(cc1OC)NC(=O)CC2c1cccc(SC)c1. The monoisotopic (exact) mass is 370 g/mol. The zero-order valence-electron chi connectivity index (χ0n) is 15.1. The van der Waals surface area contributed by atoms with E-state index in [1.165, 1.54) is 0 Å². The average molecular weight is 370 g/mol. The molecule has 0 fully saturated rings. The molecule has 5 nitrogen and oxygen atoms in total. The molecule has 0 aliphatic carbocycles. The van der Waals surface area contributed by atoms with Gasteiger partial charge in [-0.1, -0.05) is 19.1 Å². The Morgan fingerprint density at radius 1 is 1.35 bits per heavy atom. The predicted molar refractivity (Wildman–Crippen MR) is 105 cm³/mol. The molecule has 0 aromatic heterocycles. The number of benzene rings is 2. The summed E-state index contributed by atoms with van der Waals surface area (Å²) in [5.41, 5.74) is 3.42. The van der Waals surface area contributed by atoms with Gasteiger partial charge in [0.05, 0.1) is 12.8 Å². The molecular weight excluding hydrogens is 348 g/mol. The highest BCUT2D eigenvalue weighted by Gasteiger charge is 2.28. The predicted octanol–water partition coefficient (Wildman–Crippen LogP) is 4.24. The Balaban J connectivity index is 2.09. The minimum atomic E-state index is -0.0796. The van der Waals surface area contributed by atoms with Crippen molar-refractivity contribution in [1.82, 2.24) is 0 Å². The summed E-state index contributed by atoms with van der Waals surface area (Å²) < 4.78 is 5.40. The zero-order valence-corrected chi connectivity index (χ0v) is 15.9. The van der Waals surface area contributed by atoms with E-state index in [4.69, 9.17) is 4.74 Å². The highest BCUT2D eigenvalue weighted by molar-refractivity contribution is 7.98. The number of methoxy groups -OCH3 is 1. The van der Waals surface area contributed by atoms with Crippen LogP contribution in [0.4, 0.5) is 11.4 Å². The molecule has 1 heterocycles. The van der Waals surface area contributed by atoms with Crippen LogP contribution in [-0.2, 0) is 9.59 Å². The Labute approximate surface area is 157 Å². The second-order valence-corrected chi connectivity index (χ2v) is 7.00. The average Bonchev–Trinajstić information content (AvgIpc) is 2.67. The summed E-state index contributed by atoms with van der Waals surface area (Å²) in [5.74, 6) is 0.367. The van der Waals surface area contributed by atoms with Gasteiger partial charge in [-0.2, -0.15) is 0 Å². The molecule has 0 radical (unpaired) electrons. The first-order chi connectivity index (χ1) is 12.5. The van der Waals surface area contributed by atoms with Gasteiger partial charge in [0.25, 0.3) is 0 Å². The molecule has 0 bridgehead atoms. The van der Waals surface area contributed by atoms with Crippen molar-refractivity contribution in [3.05, 3.63) is 47.5 Å². The largest absolute Gasteiger partial charge is 0.494 e. The van der Waals surface area contributed by atoms with E-state index in [1.54, 1.807) is 31.9 Å². The van der Waals surface area contributed by atoms with E-state index in [0.29, 0.717) is 24.3 Å². The van der Waals surface area contributed by atoms with Crippen LogP contribution in [0.1, 0.15) is 36.8 Å². The number of ether oxygens (including phenoxy) is 1. The molecule has 3 rings (SSSR count). The second kappa shape index (κ2) is 7.83. The lowest BCUT2D eigenvalue weighted by atomic mass is 9.84. The van der Waals surface area contributed by atoms with E-state index < -0.39 is 0 Å². The Hall–Kier alpha value is -2.47. The molecule has 0 saturated carbocycles. The van der Waals surface area contributed by atoms with Crippen molar-refractivity contribution in [3.8, 4) is 5.75 Å². The van der Waals surface area contributed by atoms with Gasteiger partial charge < -0.3 is 15.4 Å². The maximum absolute atomic E-state index is 12.2. The number of carbonyl (C=O) groups excluding carboxylic acids is 2. The van der Waals surface area contributed by atoms with Crippen molar-refractivity contribution in [1.29, 1.82) is 0 Å². The fraction of sp³-hybridized carbons (Fsp3) is 0.300. The van der Waals surface area contributed by atoms with E-state index in [1.807, 2.05) is 24.5 Å². The van der Waals surface area contributed by atoms with Gasteiger partial charge >= 0.3 is 0 Å². The van der Waals surface area contributed by atoms with E-state index in [-0.39, 0.29) is 17.7 Å². The minimum Gasteiger partial charge on any atom is -0.494 e. The quantitative estimate of drug-likeness (QED) is 0.773. The van der Waals surface area contributed by atoms with E-state index in [0.717, 1.165) is 21.7 Å². The topological polar surface area (TPSA) is 67.4 Å². The summed E-state index contributed by atoms with van der Waals surface area (Å²) in [6.45, 7) is 1.80. The van der Waals surface area contributed by atoms with Crippen molar-refractivity contribution in [2.75, 3.05) is 24.0 Å². The Kier molecular flexibility index (Phi) is 5.52. The van der Waals surface area contributed by atoms with E-state index >= 15 is 0 Å². The summed E-state index contributed by atoms with van der Waals surface area (Å²) in [4.78, 5) is 25.3. The molecule has 2 aromatic rings. The summed E-state index contributed by atoms with van der Waals surface area (Å²) >= 11 is 1.67. The Morgan fingerprint density at radius 3 is 2.85 bits per heavy atom. The zero-order chi connectivity index (χ0) is 18.7. The fourth-order valence-corrected chi connectivity index (χ4v) is 3.62. The number of hydrogen-bond donors (Lipinski definition) is 2. The Morgan fingerprint density at radius 2 is 2.15 bits per heavy atom. The number of fused-ring (bicyclic) bond motifs is 1. The van der Waals surface area contributed by atoms with Crippen LogP contribution in [0.3, 0.4) is 0 Å². The normalized spacial score (nSPS) is 15.8. The molecule has 1 atom stereocenters. The molecule has 0 spiro atoms. The van der Waals surface area contributed by atoms with Gasteiger partial charge in [-0.25, -0.2) is 0 Å². The number of nitrogens with one attached hydrogen (secondary N) is 2. The summed E-state index contributed by atoms with van der Waals surface area (Å²) in [5, 5.41) is 5.81. The summed E-state index contributed by atoms with van der Waals surface area (Å²) in [7, 11) is 1.55.